The third-order valence-electron chi connectivity index (χ3n) is 2.68. The lowest BCUT2D eigenvalue weighted by Gasteiger charge is -2.10. The van der Waals surface area contributed by atoms with Gasteiger partial charge in [0.15, 0.2) is 0 Å². The fourth-order valence-electron chi connectivity index (χ4n) is 1.55. The molecule has 0 heterocycles. The molecular formula is C13H18BrNO5S. The Bertz CT molecular complexity index is 615. The molecular weight excluding hydrogens is 362 g/mol. The summed E-state index contributed by atoms with van der Waals surface area (Å²) in [5.74, 6) is -0.612. The zero-order valence-electron chi connectivity index (χ0n) is 11.9. The summed E-state index contributed by atoms with van der Waals surface area (Å²) in [5.41, 5.74) is 0.741. The van der Waals surface area contributed by atoms with E-state index in [0.717, 1.165) is 6.42 Å². The zero-order valence-corrected chi connectivity index (χ0v) is 14.3. The standard InChI is InChI=1S/C13H18BrNO5S/c1-3-4-19-5-6-20-13(16)11-7-10(21(15,17)18)8-12(14)9(11)2/h7-8H,3-6H2,1-2H3,(H2,15,17,18). The number of hydrogen-bond donors (Lipinski definition) is 1. The lowest BCUT2D eigenvalue weighted by Crippen LogP contribution is -2.16. The first kappa shape index (κ1) is 18.1. The van der Waals surface area contributed by atoms with Gasteiger partial charge in [-0.2, -0.15) is 0 Å². The molecule has 0 radical (unpaired) electrons. The molecule has 21 heavy (non-hydrogen) atoms. The third kappa shape index (κ3) is 5.39. The van der Waals surface area contributed by atoms with Gasteiger partial charge in [-0.15, -0.1) is 0 Å². The Labute approximate surface area is 132 Å². The van der Waals surface area contributed by atoms with Crippen LogP contribution in [0.5, 0.6) is 0 Å². The Morgan fingerprint density at radius 3 is 2.52 bits per heavy atom. The van der Waals surface area contributed by atoms with E-state index in [9.17, 15) is 13.2 Å². The Hall–Kier alpha value is -0.960. The summed E-state index contributed by atoms with van der Waals surface area (Å²) in [6.45, 7) is 4.67. The molecule has 0 bridgehead atoms. The average molecular weight is 380 g/mol. The van der Waals surface area contributed by atoms with Crippen LogP contribution < -0.4 is 5.14 Å². The molecule has 2 N–H and O–H groups in total. The molecule has 0 aromatic heterocycles. The number of hydrogen-bond acceptors (Lipinski definition) is 5. The van der Waals surface area contributed by atoms with E-state index in [1.165, 1.54) is 12.1 Å². The van der Waals surface area contributed by atoms with Crippen molar-refractivity contribution in [3.8, 4) is 0 Å². The number of halogens is 1. The van der Waals surface area contributed by atoms with Gasteiger partial charge < -0.3 is 9.47 Å². The van der Waals surface area contributed by atoms with Gasteiger partial charge in [0.05, 0.1) is 17.1 Å². The lowest BCUT2D eigenvalue weighted by atomic mass is 10.1. The maximum Gasteiger partial charge on any atom is 0.338 e. The normalized spacial score (nSPS) is 11.4. The van der Waals surface area contributed by atoms with Gasteiger partial charge >= 0.3 is 5.97 Å². The van der Waals surface area contributed by atoms with Crippen molar-refractivity contribution in [3.05, 3.63) is 27.7 Å². The average Bonchev–Trinajstić information content (AvgIpc) is 2.40. The van der Waals surface area contributed by atoms with Crippen LogP contribution in [-0.2, 0) is 19.5 Å². The van der Waals surface area contributed by atoms with E-state index in [-0.39, 0.29) is 17.1 Å². The first-order chi connectivity index (χ1) is 9.77. The molecule has 0 saturated carbocycles. The van der Waals surface area contributed by atoms with Crippen molar-refractivity contribution in [2.45, 2.75) is 25.2 Å². The summed E-state index contributed by atoms with van der Waals surface area (Å²) in [7, 11) is -3.89. The second-order valence-electron chi connectivity index (χ2n) is 4.37. The second-order valence-corrected chi connectivity index (χ2v) is 6.79. The molecule has 1 rings (SSSR count). The van der Waals surface area contributed by atoms with Crippen LogP contribution in [0.15, 0.2) is 21.5 Å². The minimum absolute atomic E-state index is 0.107. The quantitative estimate of drug-likeness (QED) is 0.577. The summed E-state index contributed by atoms with van der Waals surface area (Å²) in [4.78, 5) is 11.9. The summed E-state index contributed by atoms with van der Waals surface area (Å²) < 4.78 is 33.5. The summed E-state index contributed by atoms with van der Waals surface area (Å²) >= 11 is 3.21. The fraction of sp³-hybridized carbons (Fsp3) is 0.462. The summed E-state index contributed by atoms with van der Waals surface area (Å²) in [5, 5.41) is 5.08. The number of primary sulfonamides is 1. The van der Waals surface area contributed by atoms with Crippen LogP contribution in [0.4, 0.5) is 0 Å². The van der Waals surface area contributed by atoms with E-state index in [4.69, 9.17) is 14.6 Å². The van der Waals surface area contributed by atoms with Gasteiger partial charge in [0.2, 0.25) is 10.0 Å². The molecule has 0 saturated heterocycles. The van der Waals surface area contributed by atoms with Gasteiger partial charge in [-0.05, 0) is 31.0 Å². The number of rotatable bonds is 7. The van der Waals surface area contributed by atoms with Crippen LogP contribution in [0.2, 0.25) is 0 Å². The Morgan fingerprint density at radius 1 is 1.29 bits per heavy atom. The van der Waals surface area contributed by atoms with E-state index in [0.29, 0.717) is 23.2 Å². The molecule has 0 aliphatic carbocycles. The van der Waals surface area contributed by atoms with Gasteiger partial charge in [-0.25, -0.2) is 18.4 Å². The van der Waals surface area contributed by atoms with Crippen LogP contribution in [0.3, 0.4) is 0 Å². The highest BCUT2D eigenvalue weighted by molar-refractivity contribution is 9.10. The molecule has 0 spiro atoms. The molecule has 0 amide bonds. The Morgan fingerprint density at radius 2 is 1.95 bits per heavy atom. The maximum absolute atomic E-state index is 12.0. The van der Waals surface area contributed by atoms with Gasteiger partial charge in [0, 0.05) is 11.1 Å². The maximum atomic E-state index is 12.0. The molecule has 0 aliphatic rings. The second kappa shape index (κ2) is 7.88. The molecule has 0 aliphatic heterocycles. The van der Waals surface area contributed by atoms with Crippen molar-refractivity contribution in [2.75, 3.05) is 19.8 Å². The van der Waals surface area contributed by atoms with Crippen molar-refractivity contribution in [3.63, 3.8) is 0 Å². The van der Waals surface area contributed by atoms with E-state index < -0.39 is 16.0 Å². The van der Waals surface area contributed by atoms with Crippen LogP contribution in [-0.4, -0.2) is 34.2 Å². The predicted molar refractivity (Wildman–Crippen MR) is 81.6 cm³/mol. The van der Waals surface area contributed by atoms with Crippen molar-refractivity contribution in [1.82, 2.24) is 0 Å². The Balaban J connectivity index is 2.86. The fourth-order valence-corrected chi connectivity index (χ4v) is 2.72. The first-order valence-corrected chi connectivity index (χ1v) is 8.69. The largest absolute Gasteiger partial charge is 0.460 e. The van der Waals surface area contributed by atoms with E-state index in [2.05, 4.69) is 15.9 Å². The SMILES string of the molecule is CCCOCCOC(=O)c1cc(S(N)(=O)=O)cc(Br)c1C. The van der Waals surface area contributed by atoms with Crippen molar-refractivity contribution >= 4 is 31.9 Å². The van der Waals surface area contributed by atoms with Crippen LogP contribution in [0.25, 0.3) is 0 Å². The highest BCUT2D eigenvalue weighted by atomic mass is 79.9. The third-order valence-corrected chi connectivity index (χ3v) is 4.39. The zero-order chi connectivity index (χ0) is 16.0. The molecule has 6 nitrogen and oxygen atoms in total. The molecule has 118 valence electrons. The van der Waals surface area contributed by atoms with Gasteiger partial charge in [0.1, 0.15) is 6.61 Å². The number of esters is 1. The first-order valence-electron chi connectivity index (χ1n) is 6.35. The molecule has 0 fully saturated rings. The number of benzene rings is 1. The predicted octanol–water partition coefficient (Wildman–Crippen LogP) is 1.99. The van der Waals surface area contributed by atoms with Crippen molar-refractivity contribution in [1.29, 1.82) is 0 Å². The van der Waals surface area contributed by atoms with Crippen LogP contribution in [0.1, 0.15) is 29.3 Å². The Kier molecular flexibility index (Phi) is 6.79. The number of sulfonamides is 1. The number of carbonyl (C=O) groups is 1. The van der Waals surface area contributed by atoms with Gasteiger partial charge in [-0.3, -0.25) is 0 Å². The molecule has 1 aromatic rings. The molecule has 0 unspecified atom stereocenters. The number of nitrogens with two attached hydrogens (primary N) is 1. The molecule has 8 heteroatoms. The van der Waals surface area contributed by atoms with Crippen molar-refractivity contribution in [2.24, 2.45) is 5.14 Å². The number of ether oxygens (including phenoxy) is 2. The molecule has 1 aromatic carbocycles. The van der Waals surface area contributed by atoms with E-state index in [1.54, 1.807) is 6.92 Å². The highest BCUT2D eigenvalue weighted by Crippen LogP contribution is 2.24. The van der Waals surface area contributed by atoms with Crippen LogP contribution >= 0.6 is 15.9 Å². The van der Waals surface area contributed by atoms with Crippen molar-refractivity contribution < 1.29 is 22.7 Å². The monoisotopic (exact) mass is 379 g/mol. The van der Waals surface area contributed by atoms with Crippen LogP contribution in [0, 0.1) is 6.92 Å². The minimum atomic E-state index is -3.89. The summed E-state index contributed by atoms with van der Waals surface area (Å²) in [6.07, 6.45) is 0.885. The topological polar surface area (TPSA) is 95.7 Å². The lowest BCUT2D eigenvalue weighted by molar-refractivity contribution is 0.0317. The highest BCUT2D eigenvalue weighted by Gasteiger charge is 2.18. The number of carbonyl (C=O) groups excluding carboxylic acids is 1. The minimum Gasteiger partial charge on any atom is -0.460 e. The van der Waals surface area contributed by atoms with Gasteiger partial charge in [0.25, 0.3) is 0 Å². The van der Waals surface area contributed by atoms with E-state index in [1.807, 2.05) is 6.92 Å². The summed E-state index contributed by atoms with van der Waals surface area (Å²) in [6, 6.07) is 2.57. The van der Waals surface area contributed by atoms with E-state index >= 15 is 0 Å². The molecule has 0 atom stereocenters. The smallest absolute Gasteiger partial charge is 0.338 e. The van der Waals surface area contributed by atoms with Gasteiger partial charge in [-0.1, -0.05) is 22.9 Å².